The number of nitrogens with zero attached hydrogens (tertiary/aromatic N) is 1. The Morgan fingerprint density at radius 3 is 2.45 bits per heavy atom. The van der Waals surface area contributed by atoms with Gasteiger partial charge in [0.2, 0.25) is 5.76 Å². The van der Waals surface area contributed by atoms with Gasteiger partial charge in [0.1, 0.15) is 0 Å². The standard InChI is InChI=1S/C15H11NO6/c17-12-8-11(22-14(20)7-6-13(18)19)15(21)16(12)9-10-4-2-1-3-5-10/h1-8H,9H2,(H,18,19)/b7-6-. The second-order valence-electron chi connectivity index (χ2n) is 4.32. The van der Waals surface area contributed by atoms with Gasteiger partial charge in [-0.15, -0.1) is 0 Å². The quantitative estimate of drug-likeness (QED) is 0.486. The summed E-state index contributed by atoms with van der Waals surface area (Å²) < 4.78 is 4.67. The van der Waals surface area contributed by atoms with E-state index in [1.807, 2.05) is 0 Å². The molecule has 2 rings (SSSR count). The van der Waals surface area contributed by atoms with Crippen LogP contribution in [-0.4, -0.2) is 33.8 Å². The zero-order chi connectivity index (χ0) is 16.1. The number of aliphatic carboxylic acids is 1. The summed E-state index contributed by atoms with van der Waals surface area (Å²) in [6.07, 6.45) is 2.13. The van der Waals surface area contributed by atoms with Crippen molar-refractivity contribution in [3.05, 3.63) is 59.9 Å². The highest BCUT2D eigenvalue weighted by atomic mass is 16.5. The van der Waals surface area contributed by atoms with Crippen LogP contribution in [0.25, 0.3) is 0 Å². The van der Waals surface area contributed by atoms with Gasteiger partial charge in [0, 0.05) is 12.2 Å². The lowest BCUT2D eigenvalue weighted by atomic mass is 10.2. The van der Waals surface area contributed by atoms with Crippen molar-refractivity contribution in [1.29, 1.82) is 0 Å². The lowest BCUT2D eigenvalue weighted by molar-refractivity contribution is -0.144. The fourth-order valence-corrected chi connectivity index (χ4v) is 1.76. The third-order valence-corrected chi connectivity index (χ3v) is 2.73. The van der Waals surface area contributed by atoms with E-state index >= 15 is 0 Å². The number of amides is 2. The maximum absolute atomic E-state index is 12.0. The summed E-state index contributed by atoms with van der Waals surface area (Å²) in [7, 11) is 0. The Kier molecular flexibility index (Phi) is 4.47. The predicted molar refractivity (Wildman–Crippen MR) is 72.9 cm³/mol. The smallest absolute Gasteiger partial charge is 0.336 e. The van der Waals surface area contributed by atoms with E-state index < -0.39 is 29.5 Å². The molecular weight excluding hydrogens is 290 g/mol. The Morgan fingerprint density at radius 2 is 1.82 bits per heavy atom. The summed E-state index contributed by atoms with van der Waals surface area (Å²) in [5, 5.41) is 8.38. The molecule has 0 aliphatic carbocycles. The van der Waals surface area contributed by atoms with Crippen molar-refractivity contribution in [2.75, 3.05) is 0 Å². The molecule has 0 bridgehead atoms. The van der Waals surface area contributed by atoms with Crippen LogP contribution in [0, 0.1) is 0 Å². The van der Waals surface area contributed by atoms with Gasteiger partial charge in [-0.25, -0.2) is 9.59 Å². The first kappa shape index (κ1) is 15.2. The Labute approximate surface area is 125 Å². The molecule has 0 unspecified atom stereocenters. The summed E-state index contributed by atoms with van der Waals surface area (Å²) in [5.41, 5.74) is 0.746. The monoisotopic (exact) mass is 301 g/mol. The first-order valence-corrected chi connectivity index (χ1v) is 6.21. The van der Waals surface area contributed by atoms with Gasteiger partial charge >= 0.3 is 11.9 Å². The van der Waals surface area contributed by atoms with Crippen molar-refractivity contribution >= 4 is 23.8 Å². The van der Waals surface area contributed by atoms with Gasteiger partial charge in [-0.3, -0.25) is 14.5 Å². The number of carbonyl (C=O) groups is 4. The van der Waals surface area contributed by atoms with Crippen LogP contribution in [0.4, 0.5) is 0 Å². The number of benzene rings is 1. The number of ether oxygens (including phenoxy) is 1. The summed E-state index contributed by atoms with van der Waals surface area (Å²) >= 11 is 0. The van der Waals surface area contributed by atoms with Crippen LogP contribution in [0.15, 0.2) is 54.3 Å². The number of carboxylic acids is 1. The van der Waals surface area contributed by atoms with Crippen molar-refractivity contribution in [1.82, 2.24) is 4.90 Å². The van der Waals surface area contributed by atoms with Crippen molar-refractivity contribution in [2.45, 2.75) is 6.54 Å². The average molecular weight is 301 g/mol. The molecule has 7 nitrogen and oxygen atoms in total. The third kappa shape index (κ3) is 3.66. The summed E-state index contributed by atoms with van der Waals surface area (Å²) in [6, 6.07) is 8.84. The Hall–Kier alpha value is -3.22. The second kappa shape index (κ2) is 6.49. The van der Waals surface area contributed by atoms with Crippen molar-refractivity contribution in [3.63, 3.8) is 0 Å². The zero-order valence-electron chi connectivity index (χ0n) is 11.3. The molecule has 22 heavy (non-hydrogen) atoms. The maximum Gasteiger partial charge on any atom is 0.336 e. The highest BCUT2D eigenvalue weighted by Crippen LogP contribution is 2.17. The van der Waals surface area contributed by atoms with E-state index in [0.717, 1.165) is 16.5 Å². The number of imide groups is 1. The predicted octanol–water partition coefficient (Wildman–Crippen LogP) is 0.623. The Balaban J connectivity index is 2.03. The molecule has 0 aromatic heterocycles. The van der Waals surface area contributed by atoms with Crippen LogP contribution >= 0.6 is 0 Å². The molecule has 0 fully saturated rings. The maximum atomic E-state index is 12.0. The molecule has 1 aliphatic heterocycles. The van der Waals surface area contributed by atoms with Gasteiger partial charge in [0.05, 0.1) is 12.6 Å². The van der Waals surface area contributed by atoms with Gasteiger partial charge in [0.15, 0.2) is 0 Å². The van der Waals surface area contributed by atoms with Crippen LogP contribution < -0.4 is 0 Å². The minimum absolute atomic E-state index is 0.0566. The normalized spacial score (nSPS) is 14.4. The number of rotatable bonds is 5. The van der Waals surface area contributed by atoms with Crippen LogP contribution in [0.3, 0.4) is 0 Å². The summed E-state index contributed by atoms with van der Waals surface area (Å²) in [5.74, 6) is -4.15. The molecule has 7 heteroatoms. The van der Waals surface area contributed by atoms with Gasteiger partial charge < -0.3 is 9.84 Å². The molecule has 0 radical (unpaired) electrons. The van der Waals surface area contributed by atoms with Crippen LogP contribution in [0.5, 0.6) is 0 Å². The number of carbonyl (C=O) groups excluding carboxylic acids is 3. The van der Waals surface area contributed by atoms with E-state index in [9.17, 15) is 19.2 Å². The van der Waals surface area contributed by atoms with Gasteiger partial charge in [-0.2, -0.15) is 0 Å². The van der Waals surface area contributed by atoms with E-state index in [2.05, 4.69) is 4.74 Å². The van der Waals surface area contributed by atoms with E-state index in [1.165, 1.54) is 0 Å². The van der Waals surface area contributed by atoms with E-state index in [-0.39, 0.29) is 6.54 Å². The number of carboxylic acid groups (broad SMARTS) is 1. The molecule has 1 N–H and O–H groups in total. The number of hydrogen-bond acceptors (Lipinski definition) is 5. The van der Waals surface area contributed by atoms with Crippen molar-refractivity contribution in [3.8, 4) is 0 Å². The third-order valence-electron chi connectivity index (χ3n) is 2.73. The molecule has 1 heterocycles. The topological polar surface area (TPSA) is 101 Å². The molecule has 112 valence electrons. The molecule has 1 aromatic rings. The molecule has 0 saturated carbocycles. The van der Waals surface area contributed by atoms with Crippen LogP contribution in [-0.2, 0) is 30.5 Å². The van der Waals surface area contributed by atoms with Crippen molar-refractivity contribution < 1.29 is 29.0 Å². The summed E-state index contributed by atoms with van der Waals surface area (Å²) in [4.78, 5) is 46.3. The first-order chi connectivity index (χ1) is 10.5. The first-order valence-electron chi connectivity index (χ1n) is 6.21. The molecule has 0 atom stereocenters. The Bertz CT molecular complexity index is 689. The molecule has 0 saturated heterocycles. The largest absolute Gasteiger partial charge is 0.478 e. The Morgan fingerprint density at radius 1 is 1.14 bits per heavy atom. The van der Waals surface area contributed by atoms with Crippen molar-refractivity contribution in [2.24, 2.45) is 0 Å². The minimum Gasteiger partial charge on any atom is -0.478 e. The van der Waals surface area contributed by atoms with Gasteiger partial charge in [0.25, 0.3) is 11.8 Å². The lowest BCUT2D eigenvalue weighted by Gasteiger charge is -2.14. The summed E-state index contributed by atoms with van der Waals surface area (Å²) in [6.45, 7) is 0.0566. The second-order valence-corrected chi connectivity index (χ2v) is 4.32. The lowest BCUT2D eigenvalue weighted by Crippen LogP contribution is -2.31. The molecule has 2 amide bonds. The molecule has 1 aromatic carbocycles. The van der Waals surface area contributed by atoms with Crippen LogP contribution in [0.1, 0.15) is 5.56 Å². The highest BCUT2D eigenvalue weighted by Gasteiger charge is 2.33. The molecule has 0 spiro atoms. The fourth-order valence-electron chi connectivity index (χ4n) is 1.76. The number of hydrogen-bond donors (Lipinski definition) is 1. The van der Waals surface area contributed by atoms with Crippen LogP contribution in [0.2, 0.25) is 0 Å². The van der Waals surface area contributed by atoms with E-state index in [0.29, 0.717) is 12.2 Å². The van der Waals surface area contributed by atoms with E-state index in [1.54, 1.807) is 30.3 Å². The zero-order valence-corrected chi connectivity index (χ0v) is 11.3. The average Bonchev–Trinajstić information content (AvgIpc) is 2.74. The van der Waals surface area contributed by atoms with E-state index in [4.69, 9.17) is 5.11 Å². The fraction of sp³-hybridized carbons (Fsp3) is 0.0667. The molecular formula is C15H11NO6. The molecule has 1 aliphatic rings. The number of esters is 1. The van der Waals surface area contributed by atoms with Gasteiger partial charge in [-0.1, -0.05) is 30.3 Å². The van der Waals surface area contributed by atoms with Gasteiger partial charge in [-0.05, 0) is 5.56 Å². The highest BCUT2D eigenvalue weighted by molar-refractivity contribution is 6.16. The SMILES string of the molecule is O=C(O)/C=C\C(=O)OC1=CC(=O)N(Cc2ccccc2)C1=O. The minimum atomic E-state index is -1.33.